The quantitative estimate of drug-likeness (QED) is 0.377. The number of ketones is 1. The van der Waals surface area contributed by atoms with E-state index in [1.807, 2.05) is 0 Å². The summed E-state index contributed by atoms with van der Waals surface area (Å²) in [4.78, 5) is 40.7. The summed E-state index contributed by atoms with van der Waals surface area (Å²) in [5.41, 5.74) is -0.356. The molecule has 7 nitrogen and oxygen atoms in total. The summed E-state index contributed by atoms with van der Waals surface area (Å²) in [5, 5.41) is 3.31. The lowest BCUT2D eigenvalue weighted by molar-refractivity contribution is -0.129. The zero-order chi connectivity index (χ0) is 24.5. The lowest BCUT2D eigenvalue weighted by Crippen LogP contribution is -2.45. The topological polar surface area (TPSA) is 84.9 Å². The van der Waals surface area contributed by atoms with Crippen LogP contribution in [-0.4, -0.2) is 43.4 Å². The number of hydrogen-bond acceptors (Lipinski definition) is 5. The zero-order valence-corrected chi connectivity index (χ0v) is 19.8. The first-order valence-electron chi connectivity index (χ1n) is 10.2. The van der Waals surface area contributed by atoms with Crippen LogP contribution in [0.3, 0.4) is 0 Å². The molecule has 3 amide bonds. The maximum atomic E-state index is 13.8. The highest BCUT2D eigenvalue weighted by molar-refractivity contribution is 6.37. The first-order valence-corrected chi connectivity index (χ1v) is 11.0. The minimum Gasteiger partial charge on any atom is -0.497 e. The van der Waals surface area contributed by atoms with Gasteiger partial charge in [0, 0.05) is 10.6 Å². The predicted octanol–water partition coefficient (Wildman–Crippen LogP) is 4.69. The number of hydrogen-bond donors (Lipinski definition) is 1. The third-order valence-electron chi connectivity index (χ3n) is 5.68. The van der Waals surface area contributed by atoms with Crippen molar-refractivity contribution in [2.75, 3.05) is 20.8 Å². The van der Waals surface area contributed by atoms with E-state index in [1.165, 1.54) is 32.4 Å². The summed E-state index contributed by atoms with van der Waals surface area (Å²) in [7, 11) is 3.07. The maximum Gasteiger partial charge on any atom is 0.325 e. The average molecular weight is 499 g/mol. The minimum absolute atomic E-state index is 0.140. The van der Waals surface area contributed by atoms with Crippen molar-refractivity contribution in [3.63, 3.8) is 0 Å². The third kappa shape index (κ3) is 4.08. The van der Waals surface area contributed by atoms with Crippen molar-refractivity contribution in [2.24, 2.45) is 0 Å². The minimum atomic E-state index is -1.54. The highest BCUT2D eigenvalue weighted by atomic mass is 35.5. The van der Waals surface area contributed by atoms with E-state index in [9.17, 15) is 14.4 Å². The second-order valence-electron chi connectivity index (χ2n) is 7.58. The van der Waals surface area contributed by atoms with Gasteiger partial charge in [-0.1, -0.05) is 47.5 Å². The van der Waals surface area contributed by atoms with Crippen LogP contribution in [0.2, 0.25) is 10.0 Å². The average Bonchev–Trinajstić information content (AvgIpc) is 3.09. The van der Waals surface area contributed by atoms with Crippen LogP contribution in [0.15, 0.2) is 66.7 Å². The fourth-order valence-electron chi connectivity index (χ4n) is 3.90. The van der Waals surface area contributed by atoms with E-state index < -0.39 is 29.8 Å². The van der Waals surface area contributed by atoms with Crippen molar-refractivity contribution >= 4 is 40.9 Å². The van der Waals surface area contributed by atoms with E-state index in [0.29, 0.717) is 27.6 Å². The molecule has 3 aromatic rings. The van der Waals surface area contributed by atoms with Gasteiger partial charge in [0.05, 0.1) is 25.8 Å². The van der Waals surface area contributed by atoms with Crippen molar-refractivity contribution in [3.05, 3.63) is 93.5 Å². The Balaban J connectivity index is 1.75. The summed E-state index contributed by atoms with van der Waals surface area (Å²) >= 11 is 12.1. The van der Waals surface area contributed by atoms with Gasteiger partial charge in [-0.3, -0.25) is 14.5 Å². The van der Waals surface area contributed by atoms with Gasteiger partial charge >= 0.3 is 6.03 Å². The van der Waals surface area contributed by atoms with Gasteiger partial charge < -0.3 is 14.8 Å². The normalized spacial score (nSPS) is 14.6. The predicted molar refractivity (Wildman–Crippen MR) is 128 cm³/mol. The number of carbonyl (C=O) groups excluding carboxylic acids is 3. The molecule has 1 heterocycles. The largest absolute Gasteiger partial charge is 0.497 e. The Morgan fingerprint density at radius 2 is 1.41 bits per heavy atom. The van der Waals surface area contributed by atoms with Gasteiger partial charge in [0.2, 0.25) is 0 Å². The molecule has 34 heavy (non-hydrogen) atoms. The molecule has 174 valence electrons. The maximum absolute atomic E-state index is 13.8. The van der Waals surface area contributed by atoms with Gasteiger partial charge in [0.25, 0.3) is 5.91 Å². The van der Waals surface area contributed by atoms with Gasteiger partial charge in [-0.2, -0.15) is 0 Å². The van der Waals surface area contributed by atoms with Crippen molar-refractivity contribution in [1.82, 2.24) is 10.2 Å². The van der Waals surface area contributed by atoms with E-state index in [4.69, 9.17) is 32.7 Å². The third-order valence-corrected chi connectivity index (χ3v) is 6.23. The number of ether oxygens (including phenoxy) is 2. The van der Waals surface area contributed by atoms with Gasteiger partial charge in [-0.15, -0.1) is 0 Å². The first kappa shape index (κ1) is 23.6. The molecule has 9 heteroatoms. The number of amides is 3. The molecule has 1 aliphatic heterocycles. The highest BCUT2D eigenvalue weighted by Crippen LogP contribution is 2.37. The lowest BCUT2D eigenvalue weighted by Gasteiger charge is -2.28. The number of Topliss-reactive ketones (excluding diaryl/α,β-unsaturated/α-hetero) is 1. The molecule has 1 aliphatic rings. The van der Waals surface area contributed by atoms with Crippen molar-refractivity contribution in [1.29, 1.82) is 0 Å². The molecule has 0 atom stereocenters. The SMILES string of the molecule is COc1ccc(C2(c3ccc(OC)cc3)NC(=O)N(CC(=O)c3ccc(Cl)cc3Cl)C2=O)cc1. The number of rotatable bonds is 7. The molecule has 0 aromatic heterocycles. The van der Waals surface area contributed by atoms with Gasteiger partial charge in [-0.05, 0) is 53.6 Å². The molecule has 1 N–H and O–H groups in total. The summed E-state index contributed by atoms with van der Waals surface area (Å²) in [6.07, 6.45) is 0. The molecule has 0 radical (unpaired) electrons. The summed E-state index contributed by atoms with van der Waals surface area (Å²) in [6.45, 7) is -0.486. The number of urea groups is 1. The highest BCUT2D eigenvalue weighted by Gasteiger charge is 2.54. The van der Waals surface area contributed by atoms with Crippen LogP contribution in [0.1, 0.15) is 21.5 Å². The Bertz CT molecular complexity index is 1210. The van der Waals surface area contributed by atoms with Crippen LogP contribution in [0, 0.1) is 0 Å². The Kier molecular flexibility index (Phi) is 6.50. The number of benzene rings is 3. The molecule has 1 fully saturated rings. The molecule has 0 bridgehead atoms. The monoisotopic (exact) mass is 498 g/mol. The van der Waals surface area contributed by atoms with Crippen molar-refractivity contribution in [3.8, 4) is 11.5 Å². The number of imide groups is 1. The number of carbonyl (C=O) groups is 3. The van der Waals surface area contributed by atoms with E-state index in [-0.39, 0.29) is 10.6 Å². The van der Waals surface area contributed by atoms with Crippen LogP contribution >= 0.6 is 23.2 Å². The lowest BCUT2D eigenvalue weighted by atomic mass is 9.82. The Morgan fingerprint density at radius 1 is 0.882 bits per heavy atom. The summed E-state index contributed by atoms with van der Waals surface area (Å²) in [6, 6.07) is 17.3. The molecule has 0 unspecified atom stereocenters. The molecule has 1 saturated heterocycles. The summed E-state index contributed by atoms with van der Waals surface area (Å²) in [5.74, 6) is 0.0985. The fourth-order valence-corrected chi connectivity index (χ4v) is 4.42. The molecular weight excluding hydrogens is 479 g/mol. The van der Waals surface area contributed by atoms with Gasteiger partial charge in [-0.25, -0.2) is 4.79 Å². The number of methoxy groups -OCH3 is 2. The molecule has 0 aliphatic carbocycles. The second-order valence-corrected chi connectivity index (χ2v) is 8.42. The van der Waals surface area contributed by atoms with Crippen LogP contribution < -0.4 is 14.8 Å². The number of halogens is 2. The van der Waals surface area contributed by atoms with Crippen LogP contribution in [0.4, 0.5) is 4.79 Å². The molecule has 3 aromatic carbocycles. The zero-order valence-electron chi connectivity index (χ0n) is 18.3. The molecule has 0 spiro atoms. The Morgan fingerprint density at radius 3 is 1.88 bits per heavy atom. The first-order chi connectivity index (χ1) is 16.3. The van der Waals surface area contributed by atoms with Gasteiger partial charge in [0.15, 0.2) is 11.3 Å². The Hall–Kier alpha value is -3.55. The van der Waals surface area contributed by atoms with Crippen LogP contribution in [-0.2, 0) is 10.3 Å². The van der Waals surface area contributed by atoms with Crippen molar-refractivity contribution in [2.45, 2.75) is 5.54 Å². The number of nitrogens with zero attached hydrogens (tertiary/aromatic N) is 1. The smallest absolute Gasteiger partial charge is 0.325 e. The second kappa shape index (κ2) is 9.37. The standard InChI is InChI=1S/C25H20Cl2N2O5/c1-33-18-8-3-15(4-9-18)25(16-5-10-19(34-2)11-6-16)23(31)29(24(32)28-25)14-22(30)20-12-7-17(26)13-21(20)27/h3-13H,14H2,1-2H3,(H,28,32). The van der Waals surface area contributed by atoms with Crippen LogP contribution in [0.25, 0.3) is 0 Å². The molecule has 4 rings (SSSR count). The van der Waals surface area contributed by atoms with E-state index >= 15 is 0 Å². The van der Waals surface area contributed by atoms with Crippen LogP contribution in [0.5, 0.6) is 11.5 Å². The Labute approximate surface area is 206 Å². The van der Waals surface area contributed by atoms with E-state index in [1.54, 1.807) is 48.5 Å². The van der Waals surface area contributed by atoms with E-state index in [0.717, 1.165) is 4.90 Å². The fraction of sp³-hybridized carbons (Fsp3) is 0.160. The van der Waals surface area contributed by atoms with E-state index in [2.05, 4.69) is 5.32 Å². The molecular formula is C25H20Cl2N2O5. The van der Waals surface area contributed by atoms with Crippen molar-refractivity contribution < 1.29 is 23.9 Å². The van der Waals surface area contributed by atoms with Gasteiger partial charge in [0.1, 0.15) is 11.5 Å². The number of nitrogens with one attached hydrogen (secondary N) is 1. The molecule has 0 saturated carbocycles. The summed E-state index contributed by atoms with van der Waals surface area (Å²) < 4.78 is 10.5.